The zero-order valence-electron chi connectivity index (χ0n) is 24.7. The summed E-state index contributed by atoms with van der Waals surface area (Å²) in [6, 6.07) is 9.42. The highest BCUT2D eigenvalue weighted by Gasteiger charge is 2.41. The molecule has 3 aromatic rings. The lowest BCUT2D eigenvalue weighted by molar-refractivity contribution is -0.137. The highest BCUT2D eigenvalue weighted by atomic mass is 32.2. The van der Waals surface area contributed by atoms with Crippen molar-refractivity contribution in [1.82, 2.24) is 19.7 Å². The summed E-state index contributed by atoms with van der Waals surface area (Å²) in [6.07, 6.45) is -1.80. The third kappa shape index (κ3) is 6.46. The zero-order chi connectivity index (χ0) is 31.4. The van der Waals surface area contributed by atoms with Crippen LogP contribution in [0.4, 0.5) is 24.8 Å². The second kappa shape index (κ2) is 10.8. The molecule has 1 amide bonds. The van der Waals surface area contributed by atoms with Crippen molar-refractivity contribution >= 4 is 27.6 Å². The number of carbonyl (C=O) groups excluding carboxylic acids is 1. The third-order valence-corrected chi connectivity index (χ3v) is 9.22. The molecule has 1 fully saturated rings. The molecule has 0 radical (unpaired) electrons. The molecule has 230 valence electrons. The first-order valence-corrected chi connectivity index (χ1v) is 15.6. The van der Waals surface area contributed by atoms with Gasteiger partial charge in [-0.25, -0.2) is 14.7 Å². The van der Waals surface area contributed by atoms with E-state index >= 15 is 0 Å². The minimum atomic E-state index is -4.52. The molecule has 0 aliphatic carbocycles. The van der Waals surface area contributed by atoms with Crippen molar-refractivity contribution < 1.29 is 26.4 Å². The van der Waals surface area contributed by atoms with Crippen LogP contribution in [0.15, 0.2) is 53.7 Å². The van der Waals surface area contributed by atoms with Crippen LogP contribution >= 0.6 is 0 Å². The van der Waals surface area contributed by atoms with Crippen molar-refractivity contribution in [3.05, 3.63) is 71.2 Å². The minimum absolute atomic E-state index is 0.140. The largest absolute Gasteiger partial charge is 0.417 e. The number of alkyl halides is 3. The Morgan fingerprint density at radius 2 is 1.74 bits per heavy atom. The number of anilines is 2. The van der Waals surface area contributed by atoms with E-state index < -0.39 is 39.3 Å². The summed E-state index contributed by atoms with van der Waals surface area (Å²) in [7, 11) is -4.39. The van der Waals surface area contributed by atoms with Crippen LogP contribution in [0.1, 0.15) is 87.2 Å². The number of rotatable bonds is 1. The van der Waals surface area contributed by atoms with Gasteiger partial charge in [-0.05, 0) is 75.4 Å². The predicted octanol–water partition coefficient (Wildman–Crippen LogP) is 5.86. The predicted molar refractivity (Wildman–Crippen MR) is 156 cm³/mol. The highest BCUT2D eigenvalue weighted by molar-refractivity contribution is 7.90. The van der Waals surface area contributed by atoms with E-state index in [2.05, 4.69) is 38.8 Å². The van der Waals surface area contributed by atoms with Crippen molar-refractivity contribution in [2.24, 2.45) is 5.92 Å². The minimum Gasteiger partial charge on any atom is -0.362 e. The average molecular weight is 617 g/mol. The van der Waals surface area contributed by atoms with E-state index in [9.17, 15) is 26.4 Å². The maximum Gasteiger partial charge on any atom is 0.417 e. The number of sulfonamides is 1. The Balaban J connectivity index is 1.60. The first kappa shape index (κ1) is 30.7. The van der Waals surface area contributed by atoms with Crippen LogP contribution in [0, 0.1) is 5.92 Å². The number of amides is 1. The molecular formula is C30H35F3N6O3S. The number of nitrogens with zero attached hydrogens (tertiary/aromatic N) is 4. The van der Waals surface area contributed by atoms with Crippen LogP contribution < -0.4 is 14.9 Å². The van der Waals surface area contributed by atoms with Gasteiger partial charge in [0.25, 0.3) is 15.9 Å². The van der Waals surface area contributed by atoms with Crippen molar-refractivity contribution in [3.8, 4) is 0 Å². The van der Waals surface area contributed by atoms with E-state index in [0.29, 0.717) is 30.9 Å². The van der Waals surface area contributed by atoms with Gasteiger partial charge in [-0.2, -0.15) is 21.6 Å². The summed E-state index contributed by atoms with van der Waals surface area (Å²) in [5, 5.41) is 2.79. The van der Waals surface area contributed by atoms with Gasteiger partial charge in [0.15, 0.2) is 5.03 Å². The average Bonchev–Trinajstić information content (AvgIpc) is 3.23. The number of carbonyl (C=O) groups is 1. The van der Waals surface area contributed by atoms with Crippen LogP contribution in [-0.4, -0.2) is 41.4 Å². The summed E-state index contributed by atoms with van der Waals surface area (Å²) in [5.41, 5.74) is -0.329. The Kier molecular flexibility index (Phi) is 7.68. The fourth-order valence-electron chi connectivity index (χ4n) is 5.73. The maximum atomic E-state index is 13.5. The highest BCUT2D eigenvalue weighted by Crippen LogP contribution is 2.41. The molecule has 13 heteroatoms. The molecule has 9 nitrogen and oxygen atoms in total. The molecule has 0 unspecified atom stereocenters. The number of pyridine rings is 3. The third-order valence-electron chi connectivity index (χ3n) is 7.99. The van der Waals surface area contributed by atoms with Gasteiger partial charge in [-0.1, -0.05) is 26.8 Å². The molecule has 3 aromatic heterocycles. The molecular weight excluding hydrogens is 581 g/mol. The zero-order valence-corrected chi connectivity index (χ0v) is 25.5. The number of hydrogen-bond acceptors (Lipinski definition) is 8. The first-order valence-electron chi connectivity index (χ1n) is 14.1. The molecule has 5 heterocycles. The Morgan fingerprint density at radius 1 is 1.00 bits per heavy atom. The number of halogens is 3. The molecule has 43 heavy (non-hydrogen) atoms. The van der Waals surface area contributed by atoms with E-state index in [4.69, 9.17) is 4.98 Å². The van der Waals surface area contributed by atoms with Crippen LogP contribution in [0.3, 0.4) is 0 Å². The van der Waals surface area contributed by atoms with Crippen molar-refractivity contribution in [2.45, 2.75) is 82.1 Å². The quantitative estimate of drug-likeness (QED) is 0.349. The first-order chi connectivity index (χ1) is 19.9. The van der Waals surface area contributed by atoms with E-state index in [-0.39, 0.29) is 27.7 Å². The van der Waals surface area contributed by atoms with Crippen molar-refractivity contribution in [2.75, 3.05) is 16.8 Å². The van der Waals surface area contributed by atoms with Gasteiger partial charge in [0.2, 0.25) is 0 Å². The molecule has 1 saturated heterocycles. The second-order valence-electron chi connectivity index (χ2n) is 12.9. The fourth-order valence-corrected chi connectivity index (χ4v) is 6.67. The summed E-state index contributed by atoms with van der Waals surface area (Å²) in [6.45, 7) is 10.7. The molecule has 0 saturated carbocycles. The lowest BCUT2D eigenvalue weighted by Crippen LogP contribution is -2.41. The Labute approximate surface area is 249 Å². The topological polar surface area (TPSA) is 117 Å². The summed E-state index contributed by atoms with van der Waals surface area (Å²) < 4.78 is 68.5. The molecule has 2 aliphatic rings. The smallest absolute Gasteiger partial charge is 0.362 e. The number of aromatic nitrogens is 3. The number of hydrogen-bond donors (Lipinski definition) is 2. The van der Waals surface area contributed by atoms with Gasteiger partial charge in [0.1, 0.15) is 11.6 Å². The Hall–Kier alpha value is -3.74. The lowest BCUT2D eigenvalue weighted by atomic mass is 9.90. The van der Waals surface area contributed by atoms with Gasteiger partial charge in [-0.3, -0.25) is 9.78 Å². The van der Waals surface area contributed by atoms with Crippen LogP contribution in [0.2, 0.25) is 0 Å². The molecule has 5 rings (SSSR count). The SMILES string of the molecule is CC(C)(C)c1ccc2c(n1)N1C[C@@H](CC[C@H](c3ccc(C(F)(F)F)cn3)Nc3cccc(n3)S(=O)(=O)NC2=O)CC1(C)C. The van der Waals surface area contributed by atoms with Gasteiger partial charge < -0.3 is 10.2 Å². The van der Waals surface area contributed by atoms with E-state index in [1.807, 2.05) is 20.8 Å². The van der Waals surface area contributed by atoms with Crippen LogP contribution in [0.5, 0.6) is 0 Å². The van der Waals surface area contributed by atoms with E-state index in [1.165, 1.54) is 18.2 Å². The van der Waals surface area contributed by atoms with Crippen molar-refractivity contribution in [3.63, 3.8) is 0 Å². The standard InChI is InChI=1S/C30H35F3N6O3S/c1-28(2,3)23-14-11-20-26(36-23)39-17-18(15-29(39,4)5)9-12-22(21-13-10-19(16-34-21)30(31,32)33)35-24-7-6-8-25(37-24)43(41,42)38-27(20)40/h6-8,10-11,13-14,16,18,22H,9,12,15,17H2,1-5H3,(H,35,37)(H,38,40)/t18-,22+/m0/s1. The summed E-state index contributed by atoms with van der Waals surface area (Å²) in [5.74, 6) is -0.0765. The summed E-state index contributed by atoms with van der Waals surface area (Å²) >= 11 is 0. The summed E-state index contributed by atoms with van der Waals surface area (Å²) in [4.78, 5) is 28.8. The molecule has 2 aliphatic heterocycles. The Morgan fingerprint density at radius 3 is 2.40 bits per heavy atom. The number of fused-ring (bicyclic) bond motifs is 6. The lowest BCUT2D eigenvalue weighted by Gasteiger charge is -2.34. The van der Waals surface area contributed by atoms with Gasteiger partial charge in [-0.15, -0.1) is 0 Å². The monoisotopic (exact) mass is 616 g/mol. The fraction of sp³-hybridized carbons (Fsp3) is 0.467. The number of nitrogens with one attached hydrogen (secondary N) is 2. The molecule has 4 bridgehead atoms. The van der Waals surface area contributed by atoms with Gasteiger partial charge in [0, 0.05) is 29.4 Å². The normalized spacial score (nSPS) is 22.0. The van der Waals surface area contributed by atoms with Crippen molar-refractivity contribution in [1.29, 1.82) is 0 Å². The van der Waals surface area contributed by atoms with Gasteiger partial charge in [0.05, 0.1) is 22.9 Å². The maximum absolute atomic E-state index is 13.5. The molecule has 0 aromatic carbocycles. The van der Waals surface area contributed by atoms with Crippen LogP contribution in [-0.2, 0) is 21.6 Å². The molecule has 0 spiro atoms. The van der Waals surface area contributed by atoms with Crippen LogP contribution in [0.25, 0.3) is 0 Å². The van der Waals surface area contributed by atoms with E-state index in [1.54, 1.807) is 18.2 Å². The molecule has 2 atom stereocenters. The van der Waals surface area contributed by atoms with Gasteiger partial charge >= 0.3 is 6.18 Å². The second-order valence-corrected chi connectivity index (χ2v) is 14.5. The Bertz CT molecular complexity index is 1640. The molecule has 2 N–H and O–H groups in total. The van der Waals surface area contributed by atoms with E-state index in [0.717, 1.165) is 24.4 Å².